The molecule has 3 aromatic rings. The molecule has 1 unspecified atom stereocenters. The minimum absolute atomic E-state index is 0.181. The minimum Gasteiger partial charge on any atom is -0.493 e. The van der Waals surface area contributed by atoms with Gasteiger partial charge in [0.1, 0.15) is 6.04 Å². The van der Waals surface area contributed by atoms with Crippen molar-refractivity contribution in [3.63, 3.8) is 0 Å². The van der Waals surface area contributed by atoms with Crippen molar-refractivity contribution in [1.82, 2.24) is 8.87 Å². The highest BCUT2D eigenvalue weighted by Gasteiger charge is 2.39. The molecule has 1 fully saturated rings. The Balaban J connectivity index is 1.75. The third kappa shape index (κ3) is 4.40. The Morgan fingerprint density at radius 1 is 1.21 bits per heavy atom. The smallest absolute Gasteiger partial charge is 0.266 e. The van der Waals surface area contributed by atoms with Crippen LogP contribution in [-0.4, -0.2) is 50.0 Å². The van der Waals surface area contributed by atoms with Crippen LogP contribution in [0.1, 0.15) is 18.4 Å². The fraction of sp³-hybridized carbons (Fsp3) is 0.333. The van der Waals surface area contributed by atoms with Gasteiger partial charge in [0, 0.05) is 25.2 Å². The predicted octanol–water partition coefficient (Wildman–Crippen LogP) is 3.50. The molecule has 180 valence electrons. The van der Waals surface area contributed by atoms with Crippen molar-refractivity contribution in [3.05, 3.63) is 59.4 Å². The van der Waals surface area contributed by atoms with Crippen molar-refractivity contribution in [2.24, 2.45) is 4.99 Å². The highest BCUT2D eigenvalue weighted by atomic mass is 32.2. The Hall–Kier alpha value is -2.95. The maximum atomic E-state index is 13.3. The maximum absolute atomic E-state index is 13.3. The van der Waals surface area contributed by atoms with Crippen LogP contribution in [0.3, 0.4) is 0 Å². The Morgan fingerprint density at radius 3 is 2.53 bits per heavy atom. The first-order chi connectivity index (χ1) is 16.3. The summed E-state index contributed by atoms with van der Waals surface area (Å²) in [5, 5.41) is 0. The van der Waals surface area contributed by atoms with Crippen LogP contribution in [0, 0.1) is 6.92 Å². The lowest BCUT2D eigenvalue weighted by atomic mass is 10.2. The summed E-state index contributed by atoms with van der Waals surface area (Å²) in [6, 6.07) is 9.49. The Morgan fingerprint density at radius 2 is 1.88 bits per heavy atom. The zero-order valence-electron chi connectivity index (χ0n) is 19.4. The van der Waals surface area contributed by atoms with E-state index in [0.29, 0.717) is 35.7 Å². The first kappa shape index (κ1) is 24.2. The van der Waals surface area contributed by atoms with E-state index in [2.05, 4.69) is 11.6 Å². The summed E-state index contributed by atoms with van der Waals surface area (Å²) < 4.78 is 41.3. The minimum atomic E-state index is -3.81. The molecule has 1 aliphatic heterocycles. The standard InChI is InChI=1S/C24H27N3O5S2/c1-5-12-26-19-14-20(31-3)21(32-4)15-22(19)33-24(26)25-23(28)18-7-6-13-27(18)34(29,30)17-10-8-16(2)9-11-17/h5,8-11,14-15,18H,1,6-7,12-13H2,2-4H3. The van der Waals surface area contributed by atoms with Crippen molar-refractivity contribution in [1.29, 1.82) is 0 Å². The molecule has 34 heavy (non-hydrogen) atoms. The first-order valence-electron chi connectivity index (χ1n) is 10.8. The van der Waals surface area contributed by atoms with Crippen LogP contribution >= 0.6 is 11.3 Å². The fourth-order valence-electron chi connectivity index (χ4n) is 4.08. The molecule has 1 amide bonds. The molecular weight excluding hydrogens is 474 g/mol. The number of aryl methyl sites for hydroxylation is 1. The number of allylic oxidation sites excluding steroid dienone is 1. The lowest BCUT2D eigenvalue weighted by Gasteiger charge is -2.21. The van der Waals surface area contributed by atoms with Gasteiger partial charge in [-0.25, -0.2) is 8.42 Å². The number of fused-ring (bicyclic) bond motifs is 1. The van der Waals surface area contributed by atoms with E-state index < -0.39 is 22.0 Å². The Labute approximate surface area is 202 Å². The molecule has 1 aliphatic rings. The molecule has 0 N–H and O–H groups in total. The second-order valence-electron chi connectivity index (χ2n) is 8.00. The van der Waals surface area contributed by atoms with E-state index in [1.54, 1.807) is 44.6 Å². The summed E-state index contributed by atoms with van der Waals surface area (Å²) in [5.41, 5.74) is 1.79. The number of nitrogens with zero attached hydrogens (tertiary/aromatic N) is 3. The Bertz CT molecular complexity index is 1400. The third-order valence-electron chi connectivity index (χ3n) is 5.82. The van der Waals surface area contributed by atoms with Gasteiger partial charge in [-0.1, -0.05) is 35.1 Å². The number of benzene rings is 2. The van der Waals surface area contributed by atoms with Gasteiger partial charge in [0.15, 0.2) is 16.3 Å². The number of aromatic nitrogens is 1. The zero-order valence-corrected chi connectivity index (χ0v) is 21.0. The monoisotopic (exact) mass is 501 g/mol. The molecular formula is C24H27N3O5S2. The van der Waals surface area contributed by atoms with Gasteiger partial charge in [0.2, 0.25) is 10.0 Å². The van der Waals surface area contributed by atoms with Crippen LogP contribution in [0.25, 0.3) is 10.2 Å². The van der Waals surface area contributed by atoms with Crippen molar-refractivity contribution in [2.45, 2.75) is 37.2 Å². The molecule has 0 saturated carbocycles. The molecule has 0 spiro atoms. The zero-order chi connectivity index (χ0) is 24.5. The van der Waals surface area contributed by atoms with Crippen LogP contribution in [0.5, 0.6) is 11.5 Å². The second-order valence-corrected chi connectivity index (χ2v) is 10.9. The van der Waals surface area contributed by atoms with Gasteiger partial charge in [-0.15, -0.1) is 6.58 Å². The third-order valence-corrected chi connectivity index (χ3v) is 8.79. The fourth-order valence-corrected chi connectivity index (χ4v) is 6.78. The van der Waals surface area contributed by atoms with Gasteiger partial charge in [0.25, 0.3) is 5.91 Å². The van der Waals surface area contributed by atoms with E-state index in [9.17, 15) is 13.2 Å². The van der Waals surface area contributed by atoms with E-state index >= 15 is 0 Å². The normalized spacial score (nSPS) is 17.3. The molecule has 4 rings (SSSR count). The lowest BCUT2D eigenvalue weighted by Crippen LogP contribution is -2.40. The van der Waals surface area contributed by atoms with Gasteiger partial charge in [-0.3, -0.25) is 4.79 Å². The van der Waals surface area contributed by atoms with Crippen LogP contribution < -0.4 is 14.3 Å². The first-order valence-corrected chi connectivity index (χ1v) is 13.1. The number of thiazole rings is 1. The van der Waals surface area contributed by atoms with E-state index in [1.807, 2.05) is 23.6 Å². The average molecular weight is 502 g/mol. The van der Waals surface area contributed by atoms with Crippen LogP contribution in [-0.2, 0) is 21.4 Å². The number of hydrogen-bond donors (Lipinski definition) is 0. The molecule has 0 bridgehead atoms. The van der Waals surface area contributed by atoms with Crippen molar-refractivity contribution >= 4 is 37.5 Å². The molecule has 1 saturated heterocycles. The molecule has 0 aliphatic carbocycles. The summed E-state index contributed by atoms with van der Waals surface area (Å²) in [5.74, 6) is 0.664. The van der Waals surface area contributed by atoms with Crippen molar-refractivity contribution in [3.8, 4) is 11.5 Å². The van der Waals surface area contributed by atoms with Crippen LogP contribution in [0.4, 0.5) is 0 Å². The van der Waals surface area contributed by atoms with E-state index in [0.717, 1.165) is 15.8 Å². The molecule has 0 radical (unpaired) electrons. The van der Waals surface area contributed by atoms with E-state index in [1.165, 1.54) is 15.6 Å². The topological polar surface area (TPSA) is 90.2 Å². The summed E-state index contributed by atoms with van der Waals surface area (Å²) in [6.45, 7) is 6.42. The molecule has 8 nitrogen and oxygen atoms in total. The largest absolute Gasteiger partial charge is 0.493 e. The molecule has 1 atom stereocenters. The summed E-state index contributed by atoms with van der Waals surface area (Å²) in [4.78, 5) is 18.3. The average Bonchev–Trinajstić information content (AvgIpc) is 3.44. The summed E-state index contributed by atoms with van der Waals surface area (Å²) in [7, 11) is -0.681. The number of carbonyl (C=O) groups is 1. The molecule has 2 heterocycles. The maximum Gasteiger partial charge on any atom is 0.266 e. The molecule has 2 aromatic carbocycles. The van der Waals surface area contributed by atoms with Gasteiger partial charge in [-0.05, 0) is 31.9 Å². The van der Waals surface area contributed by atoms with Gasteiger partial charge < -0.3 is 14.0 Å². The molecule has 1 aromatic heterocycles. The number of carbonyl (C=O) groups excluding carboxylic acids is 1. The summed E-state index contributed by atoms with van der Waals surface area (Å²) in [6.07, 6.45) is 2.75. The van der Waals surface area contributed by atoms with E-state index in [4.69, 9.17) is 9.47 Å². The second kappa shape index (κ2) is 9.73. The lowest BCUT2D eigenvalue weighted by molar-refractivity contribution is -0.121. The van der Waals surface area contributed by atoms with Crippen LogP contribution in [0.2, 0.25) is 0 Å². The number of sulfonamides is 1. The van der Waals surface area contributed by atoms with Gasteiger partial charge in [0.05, 0.1) is 29.3 Å². The SMILES string of the molecule is C=CCn1c(=NC(=O)C2CCCN2S(=O)(=O)c2ccc(C)cc2)sc2cc(OC)c(OC)cc21. The Kier molecular flexibility index (Phi) is 6.92. The summed E-state index contributed by atoms with van der Waals surface area (Å²) >= 11 is 1.33. The highest BCUT2D eigenvalue weighted by Crippen LogP contribution is 2.33. The highest BCUT2D eigenvalue weighted by molar-refractivity contribution is 7.89. The van der Waals surface area contributed by atoms with Crippen LogP contribution in [0.15, 0.2) is 58.9 Å². The number of methoxy groups -OCH3 is 2. The van der Waals surface area contributed by atoms with E-state index in [-0.39, 0.29) is 11.4 Å². The quantitative estimate of drug-likeness (QED) is 0.462. The number of amides is 1. The molecule has 10 heteroatoms. The van der Waals surface area contributed by atoms with Gasteiger partial charge >= 0.3 is 0 Å². The van der Waals surface area contributed by atoms with Gasteiger partial charge in [-0.2, -0.15) is 9.30 Å². The number of hydrogen-bond acceptors (Lipinski definition) is 6. The van der Waals surface area contributed by atoms with Crippen molar-refractivity contribution < 1.29 is 22.7 Å². The number of ether oxygens (including phenoxy) is 2. The van der Waals surface area contributed by atoms with Crippen molar-refractivity contribution in [2.75, 3.05) is 20.8 Å². The predicted molar refractivity (Wildman–Crippen MR) is 132 cm³/mol. The number of rotatable bonds is 7.